The number of rotatable bonds is 24. The standard InChI is InChI=1S/C39H62N6O10/c1-10-25(8)33(43-38(53)34(24(6)7)44(9)30(46)19-18-26-16-14-13-15-17-26)37(52)41-27(21-31(47)45(11-2)12-3)35(50)40-28(22-32(48)49)36(51)42-29(39(54)55)20-23(4)5/h13-17,23-25,27-29,33-34H,10-12,18-22H2,1-9H3,(H,40,50)(H,41,52)(H,42,51)(H,43,53)(H,48,49)(H,54,55)/t25?,27?,28-,29-,33-,34-/m0/s1. The number of aliphatic carboxylic acids is 2. The number of aryl methyl sites for hydroxylation is 1. The largest absolute Gasteiger partial charge is 0.481 e. The molecular weight excluding hydrogens is 712 g/mol. The minimum Gasteiger partial charge on any atom is -0.481 e. The van der Waals surface area contributed by atoms with E-state index in [0.717, 1.165) is 5.56 Å². The highest BCUT2D eigenvalue weighted by molar-refractivity contribution is 5.98. The highest BCUT2D eigenvalue weighted by Gasteiger charge is 2.37. The van der Waals surface area contributed by atoms with E-state index in [-0.39, 0.29) is 43.7 Å². The van der Waals surface area contributed by atoms with Crippen LogP contribution in [0, 0.1) is 17.8 Å². The summed E-state index contributed by atoms with van der Waals surface area (Å²) < 4.78 is 0. The maximum Gasteiger partial charge on any atom is 0.326 e. The number of nitrogens with one attached hydrogen (secondary N) is 4. The molecule has 6 amide bonds. The molecule has 55 heavy (non-hydrogen) atoms. The minimum atomic E-state index is -1.76. The summed E-state index contributed by atoms with van der Waals surface area (Å²) in [5.41, 5.74) is 0.965. The molecule has 16 heteroatoms. The van der Waals surface area contributed by atoms with E-state index in [2.05, 4.69) is 21.3 Å². The fourth-order valence-corrected chi connectivity index (χ4v) is 6.07. The molecule has 1 aromatic rings. The van der Waals surface area contributed by atoms with E-state index in [1.165, 1.54) is 16.8 Å². The highest BCUT2D eigenvalue weighted by Crippen LogP contribution is 2.16. The number of carbonyl (C=O) groups is 8. The number of hydrogen-bond acceptors (Lipinski definition) is 8. The average molecular weight is 775 g/mol. The second kappa shape index (κ2) is 23.7. The first-order valence-electron chi connectivity index (χ1n) is 19.0. The Balaban J connectivity index is 3.41. The van der Waals surface area contributed by atoms with Crippen LogP contribution in [0.25, 0.3) is 0 Å². The molecule has 0 fully saturated rings. The molecule has 0 saturated heterocycles. The van der Waals surface area contributed by atoms with Crippen molar-refractivity contribution >= 4 is 47.4 Å². The van der Waals surface area contributed by atoms with E-state index in [1.807, 2.05) is 30.3 Å². The van der Waals surface area contributed by atoms with Crippen LogP contribution in [0.15, 0.2) is 30.3 Å². The van der Waals surface area contributed by atoms with E-state index >= 15 is 0 Å². The quantitative estimate of drug-likeness (QED) is 0.0894. The number of carboxylic acids is 2. The lowest BCUT2D eigenvalue weighted by Gasteiger charge is -2.33. The minimum absolute atomic E-state index is 0.0316. The van der Waals surface area contributed by atoms with Crippen molar-refractivity contribution in [1.29, 1.82) is 0 Å². The van der Waals surface area contributed by atoms with Gasteiger partial charge in [-0.3, -0.25) is 33.6 Å². The van der Waals surface area contributed by atoms with E-state index in [9.17, 15) is 48.6 Å². The van der Waals surface area contributed by atoms with Crippen LogP contribution < -0.4 is 21.3 Å². The van der Waals surface area contributed by atoms with Crippen LogP contribution in [0.4, 0.5) is 0 Å². The van der Waals surface area contributed by atoms with Crippen molar-refractivity contribution in [2.75, 3.05) is 20.1 Å². The molecule has 6 N–H and O–H groups in total. The smallest absolute Gasteiger partial charge is 0.326 e. The molecule has 2 unspecified atom stereocenters. The van der Waals surface area contributed by atoms with Gasteiger partial charge in [0.15, 0.2) is 0 Å². The molecule has 0 aliphatic carbocycles. The molecule has 0 saturated carbocycles. The lowest BCUT2D eigenvalue weighted by molar-refractivity contribution is -0.144. The topological polar surface area (TPSA) is 232 Å². The van der Waals surface area contributed by atoms with Gasteiger partial charge >= 0.3 is 11.9 Å². The summed E-state index contributed by atoms with van der Waals surface area (Å²) in [4.78, 5) is 108. The number of hydrogen-bond donors (Lipinski definition) is 6. The Morgan fingerprint density at radius 3 is 1.67 bits per heavy atom. The Bertz CT molecular complexity index is 1470. The van der Waals surface area contributed by atoms with Crippen LogP contribution in [0.1, 0.15) is 93.1 Å². The van der Waals surface area contributed by atoms with Gasteiger partial charge in [-0.15, -0.1) is 0 Å². The number of carboxylic acid groups (broad SMARTS) is 2. The molecule has 6 atom stereocenters. The highest BCUT2D eigenvalue weighted by atomic mass is 16.4. The van der Waals surface area contributed by atoms with Crippen molar-refractivity contribution in [1.82, 2.24) is 31.1 Å². The van der Waals surface area contributed by atoms with E-state index in [4.69, 9.17) is 0 Å². The van der Waals surface area contributed by atoms with Crippen LogP contribution in [0.3, 0.4) is 0 Å². The average Bonchev–Trinajstić information content (AvgIpc) is 3.11. The zero-order valence-electron chi connectivity index (χ0n) is 33.7. The van der Waals surface area contributed by atoms with Gasteiger partial charge in [0.1, 0.15) is 30.2 Å². The molecule has 16 nitrogen and oxygen atoms in total. The van der Waals surface area contributed by atoms with Crippen LogP contribution in [0.2, 0.25) is 0 Å². The third kappa shape index (κ3) is 16.1. The molecule has 308 valence electrons. The van der Waals surface area contributed by atoms with Gasteiger partial charge in [-0.2, -0.15) is 0 Å². The first-order chi connectivity index (χ1) is 25.8. The van der Waals surface area contributed by atoms with Crippen molar-refractivity contribution in [2.45, 2.75) is 124 Å². The number of nitrogens with zero attached hydrogens (tertiary/aromatic N) is 2. The molecule has 0 aliphatic rings. The van der Waals surface area contributed by atoms with Crippen LogP contribution >= 0.6 is 0 Å². The zero-order valence-corrected chi connectivity index (χ0v) is 33.7. The van der Waals surface area contributed by atoms with Crippen molar-refractivity contribution < 1.29 is 48.6 Å². The van der Waals surface area contributed by atoms with E-state index < -0.39 is 90.4 Å². The van der Waals surface area contributed by atoms with Crippen LogP contribution in [-0.2, 0) is 44.8 Å². The van der Waals surface area contributed by atoms with Gasteiger partial charge in [0.05, 0.1) is 12.8 Å². The lowest BCUT2D eigenvalue weighted by Crippen LogP contribution is -2.61. The first kappa shape index (κ1) is 48.0. The van der Waals surface area contributed by atoms with Gasteiger partial charge in [0.2, 0.25) is 35.4 Å². The SMILES string of the molecule is CCC(C)[C@H](NC(=O)[C@H](C(C)C)N(C)C(=O)CCc1ccccc1)C(=O)NC(CC(=O)N(CC)CC)C(=O)N[C@@H](CC(=O)O)C(=O)N[C@@H](CC(C)C)C(=O)O. The Labute approximate surface area is 324 Å². The van der Waals surface area contributed by atoms with Crippen molar-refractivity contribution in [3.8, 4) is 0 Å². The Morgan fingerprint density at radius 2 is 1.20 bits per heavy atom. The van der Waals surface area contributed by atoms with Gasteiger partial charge in [0, 0.05) is 26.6 Å². The van der Waals surface area contributed by atoms with Crippen molar-refractivity contribution in [3.05, 3.63) is 35.9 Å². The predicted octanol–water partition coefficient (Wildman–Crippen LogP) is 1.95. The molecule has 0 spiro atoms. The molecule has 1 aromatic carbocycles. The molecule has 0 heterocycles. The second-order valence-electron chi connectivity index (χ2n) is 14.6. The monoisotopic (exact) mass is 774 g/mol. The van der Waals surface area contributed by atoms with Gasteiger partial charge in [-0.05, 0) is 50.0 Å². The summed E-state index contributed by atoms with van der Waals surface area (Å²) in [6.07, 6.45) is -0.426. The van der Waals surface area contributed by atoms with E-state index in [0.29, 0.717) is 12.8 Å². The Morgan fingerprint density at radius 1 is 0.673 bits per heavy atom. The van der Waals surface area contributed by atoms with Crippen molar-refractivity contribution in [2.24, 2.45) is 17.8 Å². The second-order valence-corrected chi connectivity index (χ2v) is 14.6. The Hall–Kier alpha value is -5.02. The lowest BCUT2D eigenvalue weighted by atomic mass is 9.95. The maximum absolute atomic E-state index is 14.0. The number of amides is 6. The summed E-state index contributed by atoms with van der Waals surface area (Å²) in [5.74, 6) is -8.16. The van der Waals surface area contributed by atoms with Gasteiger partial charge in [-0.25, -0.2) is 4.79 Å². The fourth-order valence-electron chi connectivity index (χ4n) is 6.07. The first-order valence-corrected chi connectivity index (χ1v) is 19.0. The zero-order chi connectivity index (χ0) is 42.0. The molecular formula is C39H62N6O10. The third-order valence-corrected chi connectivity index (χ3v) is 9.44. The molecule has 0 bridgehead atoms. The number of carbonyl (C=O) groups excluding carboxylic acids is 6. The van der Waals surface area contributed by atoms with Crippen LogP contribution in [-0.4, -0.2) is 118 Å². The summed E-state index contributed by atoms with van der Waals surface area (Å²) in [6, 6.07) is 2.51. The summed E-state index contributed by atoms with van der Waals surface area (Å²) in [7, 11) is 1.53. The summed E-state index contributed by atoms with van der Waals surface area (Å²) >= 11 is 0. The van der Waals surface area contributed by atoms with Gasteiger partial charge in [0.25, 0.3) is 0 Å². The maximum atomic E-state index is 14.0. The molecule has 1 rings (SSSR count). The van der Waals surface area contributed by atoms with E-state index in [1.54, 1.807) is 55.4 Å². The van der Waals surface area contributed by atoms with Gasteiger partial charge in [-0.1, -0.05) is 78.3 Å². The molecule has 0 aliphatic heterocycles. The molecule has 0 aromatic heterocycles. The normalized spacial score (nSPS) is 14.4. The molecule has 0 radical (unpaired) electrons. The third-order valence-electron chi connectivity index (χ3n) is 9.44. The number of benzene rings is 1. The number of likely N-dealkylation sites (N-methyl/N-ethyl adjacent to an activating group) is 1. The van der Waals surface area contributed by atoms with Gasteiger partial charge < -0.3 is 41.3 Å². The van der Waals surface area contributed by atoms with Crippen LogP contribution in [0.5, 0.6) is 0 Å². The fraction of sp³-hybridized carbons (Fsp3) is 0.641. The Kier molecular flexibility index (Phi) is 20.7. The van der Waals surface area contributed by atoms with Crippen molar-refractivity contribution in [3.63, 3.8) is 0 Å². The summed E-state index contributed by atoms with van der Waals surface area (Å²) in [5, 5.41) is 29.0. The predicted molar refractivity (Wildman–Crippen MR) is 205 cm³/mol. The summed E-state index contributed by atoms with van der Waals surface area (Å²) in [6.45, 7) is 14.5.